The molecule has 0 aliphatic heterocycles. The third kappa shape index (κ3) is 4.84. The van der Waals surface area contributed by atoms with Crippen LogP contribution in [-0.4, -0.2) is 39.3 Å². The van der Waals surface area contributed by atoms with Crippen LogP contribution in [0.2, 0.25) is 5.02 Å². The number of amides is 2. The Morgan fingerprint density at radius 1 is 1.11 bits per heavy atom. The molecule has 2 bridgehead atoms. The molecular formula is C23H22ClF3N2O5S. The van der Waals surface area contributed by atoms with Crippen LogP contribution in [0, 0.1) is 35.2 Å². The van der Waals surface area contributed by atoms with Gasteiger partial charge in [-0.1, -0.05) is 11.6 Å². The second kappa shape index (κ2) is 9.69. The summed E-state index contributed by atoms with van der Waals surface area (Å²) in [6.07, 6.45) is 1.44. The molecule has 2 saturated carbocycles. The molecule has 2 unspecified atom stereocenters. The minimum Gasteiger partial charge on any atom is -0.453 e. The number of sulfone groups is 1. The van der Waals surface area contributed by atoms with Crippen LogP contribution in [0.25, 0.3) is 0 Å². The number of ether oxygens (including phenoxy) is 1. The molecule has 2 amide bonds. The quantitative estimate of drug-likeness (QED) is 0.533. The Bertz CT molecular complexity index is 1270. The van der Waals surface area contributed by atoms with E-state index in [0.717, 1.165) is 12.5 Å². The third-order valence-corrected chi connectivity index (χ3v) is 9.61. The maximum Gasteiger partial charge on any atom is 0.406 e. The van der Waals surface area contributed by atoms with Crippen molar-refractivity contribution in [3.05, 3.63) is 58.4 Å². The Balaban J connectivity index is 1.57. The maximum absolute atomic E-state index is 13.6. The van der Waals surface area contributed by atoms with Crippen LogP contribution < -0.4 is 10.6 Å². The molecule has 7 nitrogen and oxygen atoms in total. The SMILES string of the molecule is COC(=O)NC[C@H]1C[C@H]2CCC1C2S(=O)(=O)c1cc(C(=O)Nc2cc(F)c(F)c(F)c2)ccc1Cl. The fraction of sp³-hybridized carbons (Fsp3) is 0.391. The lowest BCUT2D eigenvalue weighted by Crippen LogP contribution is -2.33. The van der Waals surface area contributed by atoms with E-state index in [0.29, 0.717) is 31.5 Å². The lowest BCUT2D eigenvalue weighted by Gasteiger charge is -2.22. The number of hydrogen-bond donors (Lipinski definition) is 2. The summed E-state index contributed by atoms with van der Waals surface area (Å²) < 4.78 is 72.0. The van der Waals surface area contributed by atoms with E-state index in [-0.39, 0.29) is 38.9 Å². The van der Waals surface area contributed by atoms with Crippen LogP contribution in [0.1, 0.15) is 29.6 Å². The van der Waals surface area contributed by atoms with E-state index < -0.39 is 44.5 Å². The number of nitrogens with one attached hydrogen (secondary N) is 2. The van der Waals surface area contributed by atoms with Crippen molar-refractivity contribution < 1.29 is 35.9 Å². The second-order valence-corrected chi connectivity index (χ2v) is 11.2. The van der Waals surface area contributed by atoms with Crippen molar-refractivity contribution in [3.63, 3.8) is 0 Å². The van der Waals surface area contributed by atoms with E-state index in [1.54, 1.807) is 0 Å². The molecule has 0 saturated heterocycles. The molecule has 0 radical (unpaired) electrons. The van der Waals surface area contributed by atoms with Crippen LogP contribution in [0.3, 0.4) is 0 Å². The first-order chi connectivity index (χ1) is 16.5. The molecule has 2 aromatic carbocycles. The maximum atomic E-state index is 13.6. The molecule has 4 rings (SSSR count). The Morgan fingerprint density at radius 3 is 2.46 bits per heavy atom. The second-order valence-electron chi connectivity index (χ2n) is 8.73. The predicted molar refractivity (Wildman–Crippen MR) is 121 cm³/mol. The number of anilines is 1. The minimum atomic E-state index is -3.96. The summed E-state index contributed by atoms with van der Waals surface area (Å²) in [5.41, 5.74) is -0.437. The molecule has 0 heterocycles. The standard InChI is InChI=1S/C23H22ClF3N2O5S/c1-34-23(31)28-10-13-6-11-2-4-15(13)21(11)35(32,33)19-7-12(3-5-16(19)24)22(30)29-14-8-17(25)20(27)18(26)9-14/h3,5,7-9,11,13,15,21H,2,4,6,10H2,1H3,(H,28,31)(H,29,30)/t11-,13-,15?,21?/m1/s1. The van der Waals surface area contributed by atoms with E-state index in [1.807, 2.05) is 0 Å². The van der Waals surface area contributed by atoms with Crippen molar-refractivity contribution in [3.8, 4) is 0 Å². The largest absolute Gasteiger partial charge is 0.453 e. The van der Waals surface area contributed by atoms with Gasteiger partial charge in [0.25, 0.3) is 5.91 Å². The lowest BCUT2D eigenvalue weighted by atomic mass is 9.89. The van der Waals surface area contributed by atoms with Gasteiger partial charge in [0, 0.05) is 29.9 Å². The van der Waals surface area contributed by atoms with Gasteiger partial charge in [-0.3, -0.25) is 4.79 Å². The number of hydrogen-bond acceptors (Lipinski definition) is 5. The topological polar surface area (TPSA) is 102 Å². The highest BCUT2D eigenvalue weighted by atomic mass is 35.5. The van der Waals surface area contributed by atoms with Crippen molar-refractivity contribution >= 4 is 39.1 Å². The highest BCUT2D eigenvalue weighted by molar-refractivity contribution is 7.92. The number of rotatable bonds is 6. The van der Waals surface area contributed by atoms with Crippen molar-refractivity contribution in [2.24, 2.45) is 17.8 Å². The molecule has 35 heavy (non-hydrogen) atoms. The highest BCUT2D eigenvalue weighted by Gasteiger charge is 2.54. The number of halogens is 4. The average molecular weight is 531 g/mol. The van der Waals surface area contributed by atoms with Crippen LogP contribution in [0.4, 0.5) is 23.7 Å². The highest BCUT2D eigenvalue weighted by Crippen LogP contribution is 2.53. The van der Waals surface area contributed by atoms with Crippen molar-refractivity contribution in [2.45, 2.75) is 29.4 Å². The van der Waals surface area contributed by atoms with Crippen LogP contribution in [0.5, 0.6) is 0 Å². The van der Waals surface area contributed by atoms with E-state index >= 15 is 0 Å². The van der Waals surface area contributed by atoms with Gasteiger partial charge in [0.1, 0.15) is 0 Å². The summed E-state index contributed by atoms with van der Waals surface area (Å²) in [6.45, 7) is 0.292. The summed E-state index contributed by atoms with van der Waals surface area (Å²) in [4.78, 5) is 23.9. The number of alkyl carbamates (subject to hydrolysis) is 1. The summed E-state index contributed by atoms with van der Waals surface area (Å²) in [5, 5.41) is 4.08. The molecule has 188 valence electrons. The Hall–Kier alpha value is -2.79. The number of carbonyl (C=O) groups excluding carboxylic acids is 2. The van der Waals surface area contributed by atoms with E-state index in [4.69, 9.17) is 11.6 Å². The Morgan fingerprint density at radius 2 is 1.80 bits per heavy atom. The van der Waals surface area contributed by atoms with Crippen LogP contribution in [0.15, 0.2) is 35.2 Å². The molecule has 2 aliphatic rings. The van der Waals surface area contributed by atoms with Crippen molar-refractivity contribution in [1.82, 2.24) is 5.32 Å². The minimum absolute atomic E-state index is 0.0406. The molecule has 2 aromatic rings. The van der Waals surface area contributed by atoms with Gasteiger partial charge in [0.15, 0.2) is 27.3 Å². The number of methoxy groups -OCH3 is 1. The molecule has 0 aromatic heterocycles. The van der Waals surface area contributed by atoms with Gasteiger partial charge in [0.05, 0.1) is 22.3 Å². The Kier molecular flexibility index (Phi) is 7.01. The Labute approximate surface area is 204 Å². The van der Waals surface area contributed by atoms with Crippen molar-refractivity contribution in [1.29, 1.82) is 0 Å². The molecule has 2 N–H and O–H groups in total. The van der Waals surface area contributed by atoms with Crippen molar-refractivity contribution in [2.75, 3.05) is 19.0 Å². The van der Waals surface area contributed by atoms with E-state index in [1.165, 1.54) is 19.2 Å². The van der Waals surface area contributed by atoms with Gasteiger partial charge in [-0.05, 0) is 55.2 Å². The number of carbonyl (C=O) groups is 2. The summed E-state index contributed by atoms with van der Waals surface area (Å²) in [5.74, 6) is -5.83. The number of fused-ring (bicyclic) bond motifs is 2. The van der Waals surface area contributed by atoms with Gasteiger partial charge in [-0.25, -0.2) is 26.4 Å². The normalized spacial score (nSPS) is 23.2. The van der Waals surface area contributed by atoms with Gasteiger partial charge in [0.2, 0.25) is 0 Å². The first-order valence-corrected chi connectivity index (χ1v) is 12.8. The molecule has 2 fully saturated rings. The third-order valence-electron chi connectivity index (χ3n) is 6.76. The molecular weight excluding hydrogens is 509 g/mol. The van der Waals surface area contributed by atoms with Crippen LogP contribution in [-0.2, 0) is 14.6 Å². The molecule has 4 atom stereocenters. The van der Waals surface area contributed by atoms with Gasteiger partial charge in [-0.2, -0.15) is 0 Å². The summed E-state index contributed by atoms with van der Waals surface area (Å²) in [6, 6.07) is 4.90. The fourth-order valence-corrected chi connectivity index (χ4v) is 8.19. The average Bonchev–Trinajstić information content (AvgIpc) is 3.40. The van der Waals surface area contributed by atoms with Gasteiger partial charge in [-0.15, -0.1) is 0 Å². The molecule has 2 aliphatic carbocycles. The fourth-order valence-electron chi connectivity index (χ4n) is 5.25. The first-order valence-electron chi connectivity index (χ1n) is 10.8. The smallest absolute Gasteiger partial charge is 0.406 e. The molecule has 12 heteroatoms. The zero-order valence-electron chi connectivity index (χ0n) is 18.5. The van der Waals surface area contributed by atoms with E-state index in [2.05, 4.69) is 15.4 Å². The zero-order valence-corrected chi connectivity index (χ0v) is 20.1. The monoisotopic (exact) mass is 530 g/mol. The summed E-state index contributed by atoms with van der Waals surface area (Å²) in [7, 11) is -2.71. The van der Waals surface area contributed by atoms with Gasteiger partial charge < -0.3 is 15.4 Å². The summed E-state index contributed by atoms with van der Waals surface area (Å²) >= 11 is 6.23. The van der Waals surface area contributed by atoms with Gasteiger partial charge >= 0.3 is 6.09 Å². The zero-order chi connectivity index (χ0) is 25.5. The number of benzene rings is 2. The van der Waals surface area contributed by atoms with E-state index in [9.17, 15) is 31.2 Å². The van der Waals surface area contributed by atoms with Crippen LogP contribution >= 0.6 is 11.6 Å². The molecule has 0 spiro atoms. The first kappa shape index (κ1) is 25.3. The predicted octanol–water partition coefficient (Wildman–Crippen LogP) is 4.55. The lowest BCUT2D eigenvalue weighted by molar-refractivity contribution is 0.102.